The molecule has 0 heterocycles. The van der Waals surface area contributed by atoms with Crippen LogP contribution in [0.15, 0.2) is 40.9 Å². The minimum atomic E-state index is -0.288. The summed E-state index contributed by atoms with van der Waals surface area (Å²) in [5.41, 5.74) is 1.45. The standard InChI is InChI=1S/C15H14BrClFNO/c1-19-8-11-6-13(17)4-5-15(11)20-9-10-2-3-12(16)7-14(10)18/h2-7,19H,8-9H2,1H3. The highest BCUT2D eigenvalue weighted by Gasteiger charge is 2.07. The van der Waals surface area contributed by atoms with E-state index in [0.717, 1.165) is 5.56 Å². The summed E-state index contributed by atoms with van der Waals surface area (Å²) < 4.78 is 20.1. The van der Waals surface area contributed by atoms with Crippen molar-refractivity contribution in [1.29, 1.82) is 0 Å². The Balaban J connectivity index is 2.14. The van der Waals surface area contributed by atoms with Crippen molar-refractivity contribution in [2.75, 3.05) is 7.05 Å². The van der Waals surface area contributed by atoms with Crippen molar-refractivity contribution in [2.45, 2.75) is 13.2 Å². The highest BCUT2D eigenvalue weighted by molar-refractivity contribution is 9.10. The van der Waals surface area contributed by atoms with Gasteiger partial charge in [0.1, 0.15) is 18.2 Å². The minimum Gasteiger partial charge on any atom is -0.488 e. The van der Waals surface area contributed by atoms with E-state index in [0.29, 0.717) is 27.4 Å². The fourth-order valence-corrected chi connectivity index (χ4v) is 2.34. The van der Waals surface area contributed by atoms with Gasteiger partial charge in [-0.25, -0.2) is 4.39 Å². The average Bonchev–Trinajstić information content (AvgIpc) is 2.40. The van der Waals surface area contributed by atoms with Gasteiger partial charge < -0.3 is 10.1 Å². The van der Waals surface area contributed by atoms with Crippen molar-refractivity contribution in [3.8, 4) is 5.75 Å². The highest BCUT2D eigenvalue weighted by atomic mass is 79.9. The fraction of sp³-hybridized carbons (Fsp3) is 0.200. The second-order valence-corrected chi connectivity index (χ2v) is 5.66. The van der Waals surface area contributed by atoms with E-state index < -0.39 is 0 Å². The minimum absolute atomic E-state index is 0.178. The first-order valence-electron chi connectivity index (χ1n) is 6.10. The molecule has 0 aliphatic carbocycles. The molecule has 0 radical (unpaired) electrons. The van der Waals surface area contributed by atoms with Gasteiger partial charge in [0.25, 0.3) is 0 Å². The molecular formula is C15H14BrClFNO. The second kappa shape index (κ2) is 7.07. The summed E-state index contributed by atoms with van der Waals surface area (Å²) in [6.07, 6.45) is 0. The van der Waals surface area contributed by atoms with E-state index in [4.69, 9.17) is 16.3 Å². The van der Waals surface area contributed by atoms with Gasteiger partial charge in [-0.3, -0.25) is 0 Å². The maximum atomic E-state index is 13.7. The molecule has 1 N–H and O–H groups in total. The van der Waals surface area contributed by atoms with Crippen LogP contribution in [-0.4, -0.2) is 7.05 Å². The van der Waals surface area contributed by atoms with Crippen molar-refractivity contribution in [2.24, 2.45) is 0 Å². The fourth-order valence-electron chi connectivity index (χ4n) is 1.81. The lowest BCUT2D eigenvalue weighted by atomic mass is 10.2. The smallest absolute Gasteiger partial charge is 0.130 e. The van der Waals surface area contributed by atoms with Crippen molar-refractivity contribution in [1.82, 2.24) is 5.32 Å². The zero-order chi connectivity index (χ0) is 14.5. The number of halogens is 3. The molecule has 2 aromatic carbocycles. The molecule has 2 aromatic rings. The molecule has 0 aliphatic heterocycles. The van der Waals surface area contributed by atoms with Crippen LogP contribution in [0.5, 0.6) is 5.75 Å². The zero-order valence-corrected chi connectivity index (χ0v) is 13.3. The van der Waals surface area contributed by atoms with Gasteiger partial charge in [-0.1, -0.05) is 33.6 Å². The molecule has 2 nitrogen and oxygen atoms in total. The van der Waals surface area contributed by atoms with Gasteiger partial charge in [-0.05, 0) is 37.4 Å². The quantitative estimate of drug-likeness (QED) is 0.847. The third-order valence-corrected chi connectivity index (χ3v) is 3.52. The number of hydrogen-bond donors (Lipinski definition) is 1. The molecule has 0 saturated carbocycles. The molecule has 20 heavy (non-hydrogen) atoms. The molecule has 0 saturated heterocycles. The van der Waals surface area contributed by atoms with Crippen LogP contribution in [0.3, 0.4) is 0 Å². The molecule has 0 unspecified atom stereocenters. The number of hydrogen-bond acceptors (Lipinski definition) is 2. The zero-order valence-electron chi connectivity index (χ0n) is 10.9. The average molecular weight is 359 g/mol. The maximum Gasteiger partial charge on any atom is 0.130 e. The molecule has 0 aromatic heterocycles. The molecule has 5 heteroatoms. The topological polar surface area (TPSA) is 21.3 Å². The SMILES string of the molecule is CNCc1cc(Cl)ccc1OCc1ccc(Br)cc1F. The van der Waals surface area contributed by atoms with E-state index in [1.807, 2.05) is 13.1 Å². The van der Waals surface area contributed by atoms with Gasteiger partial charge >= 0.3 is 0 Å². The molecular weight excluding hydrogens is 345 g/mol. The largest absolute Gasteiger partial charge is 0.488 e. The number of rotatable bonds is 5. The van der Waals surface area contributed by atoms with Crippen molar-refractivity contribution < 1.29 is 9.13 Å². The lowest BCUT2D eigenvalue weighted by molar-refractivity contribution is 0.296. The van der Waals surface area contributed by atoms with Gasteiger partial charge in [0.05, 0.1) is 0 Å². The van der Waals surface area contributed by atoms with Crippen LogP contribution in [0.1, 0.15) is 11.1 Å². The van der Waals surface area contributed by atoms with Gasteiger partial charge in [-0.15, -0.1) is 0 Å². The van der Waals surface area contributed by atoms with E-state index in [1.54, 1.807) is 24.3 Å². The first-order chi connectivity index (χ1) is 9.60. The lowest BCUT2D eigenvalue weighted by Crippen LogP contribution is -2.08. The maximum absolute atomic E-state index is 13.7. The van der Waals surface area contributed by atoms with Crippen molar-refractivity contribution >= 4 is 27.5 Å². The number of benzene rings is 2. The Morgan fingerprint density at radius 3 is 2.70 bits per heavy atom. The van der Waals surface area contributed by atoms with Gasteiger partial charge in [-0.2, -0.15) is 0 Å². The van der Waals surface area contributed by atoms with E-state index >= 15 is 0 Å². The predicted octanol–water partition coefficient (Wildman–Crippen LogP) is 4.54. The Labute approximate surface area is 131 Å². The Bertz CT molecular complexity index is 606. The molecule has 2 rings (SSSR count). The Morgan fingerprint density at radius 2 is 2.00 bits per heavy atom. The summed E-state index contributed by atoms with van der Waals surface area (Å²) in [5, 5.41) is 3.70. The van der Waals surface area contributed by atoms with E-state index in [1.165, 1.54) is 6.07 Å². The summed E-state index contributed by atoms with van der Waals surface area (Å²) in [4.78, 5) is 0. The van der Waals surface area contributed by atoms with Crippen LogP contribution >= 0.6 is 27.5 Å². The molecule has 0 fully saturated rings. The van der Waals surface area contributed by atoms with E-state index in [-0.39, 0.29) is 12.4 Å². The van der Waals surface area contributed by atoms with Crippen LogP contribution in [-0.2, 0) is 13.2 Å². The van der Waals surface area contributed by atoms with Crippen LogP contribution in [0.25, 0.3) is 0 Å². The third-order valence-electron chi connectivity index (χ3n) is 2.79. The first kappa shape index (κ1) is 15.3. The summed E-state index contributed by atoms with van der Waals surface area (Å²) in [6, 6.07) is 10.3. The lowest BCUT2D eigenvalue weighted by Gasteiger charge is -2.12. The van der Waals surface area contributed by atoms with Gasteiger partial charge in [0, 0.05) is 27.2 Å². The predicted molar refractivity (Wildman–Crippen MR) is 82.6 cm³/mol. The van der Waals surface area contributed by atoms with Crippen LogP contribution in [0.4, 0.5) is 4.39 Å². The second-order valence-electron chi connectivity index (χ2n) is 4.31. The molecule has 0 atom stereocenters. The van der Waals surface area contributed by atoms with Crippen LogP contribution in [0, 0.1) is 5.82 Å². The summed E-state index contributed by atoms with van der Waals surface area (Å²) >= 11 is 9.19. The third kappa shape index (κ3) is 3.95. The van der Waals surface area contributed by atoms with Crippen molar-refractivity contribution in [3.05, 3.63) is 62.8 Å². The first-order valence-corrected chi connectivity index (χ1v) is 7.27. The Morgan fingerprint density at radius 1 is 1.20 bits per heavy atom. The number of ether oxygens (including phenoxy) is 1. The summed E-state index contributed by atoms with van der Waals surface area (Å²) in [6.45, 7) is 0.816. The molecule has 0 amide bonds. The van der Waals surface area contributed by atoms with Gasteiger partial charge in [0.2, 0.25) is 0 Å². The Hall–Kier alpha value is -1.10. The normalized spacial score (nSPS) is 10.6. The summed E-state index contributed by atoms with van der Waals surface area (Å²) in [7, 11) is 1.85. The van der Waals surface area contributed by atoms with Crippen LogP contribution < -0.4 is 10.1 Å². The number of nitrogens with one attached hydrogen (secondary N) is 1. The van der Waals surface area contributed by atoms with E-state index in [9.17, 15) is 4.39 Å². The highest BCUT2D eigenvalue weighted by Crippen LogP contribution is 2.24. The van der Waals surface area contributed by atoms with Crippen molar-refractivity contribution in [3.63, 3.8) is 0 Å². The molecule has 106 valence electrons. The monoisotopic (exact) mass is 357 g/mol. The molecule has 0 bridgehead atoms. The van der Waals surface area contributed by atoms with E-state index in [2.05, 4.69) is 21.2 Å². The molecule has 0 aliphatic rings. The van der Waals surface area contributed by atoms with Gasteiger partial charge in [0.15, 0.2) is 0 Å². The summed E-state index contributed by atoms with van der Waals surface area (Å²) in [5.74, 6) is 0.412. The van der Waals surface area contributed by atoms with Crippen LogP contribution in [0.2, 0.25) is 5.02 Å². The Kier molecular flexibility index (Phi) is 5.40. The molecule has 0 spiro atoms.